The number of carbonyl (C=O) groups excluding carboxylic acids is 2. The molecule has 45 heavy (non-hydrogen) atoms. The van der Waals surface area contributed by atoms with Crippen molar-refractivity contribution in [2.45, 2.75) is 52.2 Å². The van der Waals surface area contributed by atoms with Crippen molar-refractivity contribution in [1.29, 1.82) is 0 Å². The second-order valence-electron chi connectivity index (χ2n) is 11.4. The van der Waals surface area contributed by atoms with Gasteiger partial charge in [-0.1, -0.05) is 29.3 Å². The molecule has 0 saturated carbocycles. The molecule has 1 fully saturated rings. The van der Waals surface area contributed by atoms with Crippen molar-refractivity contribution in [3.8, 4) is 0 Å². The van der Waals surface area contributed by atoms with E-state index in [-0.39, 0.29) is 34.5 Å². The molecule has 0 spiro atoms. The van der Waals surface area contributed by atoms with Crippen LogP contribution in [0.15, 0.2) is 52.1 Å². The molecule has 9 nitrogen and oxygen atoms in total. The number of thiazole rings is 1. The lowest BCUT2D eigenvalue weighted by Gasteiger charge is -2.37. The van der Waals surface area contributed by atoms with E-state index >= 15 is 0 Å². The number of benzene rings is 1. The lowest BCUT2D eigenvalue weighted by Crippen LogP contribution is -2.41. The smallest absolute Gasteiger partial charge is 0.357 e. The second-order valence-corrected chi connectivity index (χ2v) is 13.1. The van der Waals surface area contributed by atoms with Gasteiger partial charge in [-0.15, -0.1) is 11.3 Å². The normalized spacial score (nSPS) is 17.6. The standard InChI is InChI=1S/C31H31Cl2F2N5O4S/c1-5-43-30(42)21-24(38-27(28-36-12-15-45-28)39-25(21)17-6-7-18(34)23(35)22(17)32)16-10-13-40(14-11-16)20-9-8-19(37-26(20)33)29(41)44-31(2,3)4/h6-9,12,15-16,25H,5,10-11,13-14H2,1-4H3,(H,38,39). The number of hydrogen-bond acceptors (Lipinski definition) is 10. The van der Waals surface area contributed by atoms with Crippen LogP contribution in [0.4, 0.5) is 14.5 Å². The molecule has 2 aliphatic rings. The van der Waals surface area contributed by atoms with E-state index in [0.29, 0.717) is 48.2 Å². The van der Waals surface area contributed by atoms with Gasteiger partial charge in [0.05, 0.1) is 22.9 Å². The van der Waals surface area contributed by atoms with Crippen molar-refractivity contribution >= 4 is 58.0 Å². The van der Waals surface area contributed by atoms with E-state index in [4.69, 9.17) is 37.7 Å². The third kappa shape index (κ3) is 7.13. The maximum atomic E-state index is 14.7. The van der Waals surface area contributed by atoms with E-state index in [1.165, 1.54) is 17.4 Å². The van der Waals surface area contributed by atoms with Gasteiger partial charge in [-0.2, -0.15) is 0 Å². The van der Waals surface area contributed by atoms with Gasteiger partial charge < -0.3 is 19.7 Å². The zero-order chi connectivity index (χ0) is 32.5. The van der Waals surface area contributed by atoms with E-state index in [1.54, 1.807) is 51.4 Å². The average molecular weight is 679 g/mol. The van der Waals surface area contributed by atoms with Crippen LogP contribution >= 0.6 is 34.5 Å². The monoisotopic (exact) mass is 677 g/mol. The van der Waals surface area contributed by atoms with Gasteiger partial charge in [0.25, 0.3) is 0 Å². The number of aliphatic imine (C=N–C) groups is 1. The number of nitrogens with one attached hydrogen (secondary N) is 1. The Kier molecular flexibility index (Phi) is 9.76. The molecule has 1 saturated heterocycles. The zero-order valence-electron chi connectivity index (χ0n) is 25.0. The minimum atomic E-state index is -1.22. The Balaban J connectivity index is 1.47. The first-order valence-corrected chi connectivity index (χ1v) is 16.0. The van der Waals surface area contributed by atoms with Crippen molar-refractivity contribution in [1.82, 2.24) is 15.3 Å². The van der Waals surface area contributed by atoms with E-state index < -0.39 is 40.2 Å². The van der Waals surface area contributed by atoms with Gasteiger partial charge >= 0.3 is 11.9 Å². The highest BCUT2D eigenvalue weighted by Crippen LogP contribution is 2.41. The Hall–Kier alpha value is -3.61. The first-order valence-electron chi connectivity index (χ1n) is 14.3. The van der Waals surface area contributed by atoms with Crippen LogP contribution in [0, 0.1) is 17.6 Å². The minimum Gasteiger partial charge on any atom is -0.463 e. The Bertz CT molecular complexity index is 1670. The Morgan fingerprint density at radius 1 is 1.11 bits per heavy atom. The Morgan fingerprint density at radius 3 is 2.47 bits per heavy atom. The van der Waals surface area contributed by atoms with Crippen molar-refractivity contribution in [3.05, 3.63) is 85.2 Å². The number of allylic oxidation sites excluding steroid dienone is 1. The highest BCUT2D eigenvalue weighted by molar-refractivity contribution is 7.11. The molecular weight excluding hydrogens is 647 g/mol. The maximum absolute atomic E-state index is 14.7. The number of piperidine rings is 1. The van der Waals surface area contributed by atoms with Crippen LogP contribution in [0.5, 0.6) is 0 Å². The number of halogens is 4. The van der Waals surface area contributed by atoms with Crippen molar-refractivity contribution in [2.75, 3.05) is 24.6 Å². The number of pyridine rings is 1. The molecule has 0 bridgehead atoms. The van der Waals surface area contributed by atoms with Crippen LogP contribution in [0.1, 0.15) is 67.6 Å². The van der Waals surface area contributed by atoms with Gasteiger partial charge in [-0.25, -0.2) is 28.3 Å². The fourth-order valence-electron chi connectivity index (χ4n) is 5.26. The summed E-state index contributed by atoms with van der Waals surface area (Å²) in [7, 11) is 0. The fourth-order valence-corrected chi connectivity index (χ4v) is 6.38. The number of aromatic nitrogens is 2. The number of anilines is 1. The molecule has 0 aliphatic carbocycles. The Morgan fingerprint density at radius 2 is 1.84 bits per heavy atom. The predicted octanol–water partition coefficient (Wildman–Crippen LogP) is 6.90. The van der Waals surface area contributed by atoms with Gasteiger partial charge in [0.15, 0.2) is 27.6 Å². The summed E-state index contributed by atoms with van der Waals surface area (Å²) in [5.41, 5.74) is 0.964. The SMILES string of the molecule is CCOC(=O)C1=C(C2CCN(c3ccc(C(=O)OC(C)(C)C)nc3Cl)CC2)NC(c2nccs2)=NC1c1ccc(F)c(F)c1Cl. The molecule has 1 N–H and O–H groups in total. The number of hydrogen-bond donors (Lipinski definition) is 1. The lowest BCUT2D eigenvalue weighted by atomic mass is 9.85. The summed E-state index contributed by atoms with van der Waals surface area (Å²) in [6, 6.07) is 4.54. The number of rotatable bonds is 7. The maximum Gasteiger partial charge on any atom is 0.357 e. The molecule has 2 aliphatic heterocycles. The van der Waals surface area contributed by atoms with Crippen LogP contribution < -0.4 is 10.2 Å². The first kappa shape index (κ1) is 32.8. The molecule has 1 atom stereocenters. The van der Waals surface area contributed by atoms with E-state index in [9.17, 15) is 18.4 Å². The highest BCUT2D eigenvalue weighted by atomic mass is 35.5. The highest BCUT2D eigenvalue weighted by Gasteiger charge is 2.38. The van der Waals surface area contributed by atoms with E-state index in [0.717, 1.165) is 6.07 Å². The molecule has 1 aromatic carbocycles. The van der Waals surface area contributed by atoms with Crippen molar-refractivity contribution in [3.63, 3.8) is 0 Å². The summed E-state index contributed by atoms with van der Waals surface area (Å²) >= 11 is 14.2. The van der Waals surface area contributed by atoms with Gasteiger partial charge in [-0.05, 0) is 58.7 Å². The summed E-state index contributed by atoms with van der Waals surface area (Å²) < 4.78 is 39.5. The second kappa shape index (κ2) is 13.4. The summed E-state index contributed by atoms with van der Waals surface area (Å²) in [5.74, 6) is -3.33. The topological polar surface area (TPSA) is 106 Å². The molecule has 14 heteroatoms. The van der Waals surface area contributed by atoms with Gasteiger partial charge in [-0.3, -0.25) is 4.99 Å². The first-order chi connectivity index (χ1) is 21.4. The fraction of sp³-hybridized carbons (Fsp3) is 0.387. The van der Waals surface area contributed by atoms with Crippen LogP contribution in [0.25, 0.3) is 0 Å². The molecular formula is C31H31Cl2F2N5O4S. The van der Waals surface area contributed by atoms with Crippen LogP contribution in [0.2, 0.25) is 10.2 Å². The quantitative estimate of drug-likeness (QED) is 0.164. The van der Waals surface area contributed by atoms with Crippen LogP contribution in [-0.4, -0.2) is 53.0 Å². The minimum absolute atomic E-state index is 0.0974. The molecule has 5 rings (SSSR count). The summed E-state index contributed by atoms with van der Waals surface area (Å²) in [5, 5.41) is 5.37. The molecule has 0 radical (unpaired) electrons. The van der Waals surface area contributed by atoms with Crippen LogP contribution in [0.3, 0.4) is 0 Å². The Labute approximate surface area is 273 Å². The third-order valence-electron chi connectivity index (χ3n) is 7.25. The molecule has 1 unspecified atom stereocenters. The van der Waals surface area contributed by atoms with Gasteiger partial charge in [0, 0.05) is 41.8 Å². The number of amidine groups is 1. The summed E-state index contributed by atoms with van der Waals surface area (Å²) in [6.45, 7) is 8.18. The molecule has 4 heterocycles. The predicted molar refractivity (Wildman–Crippen MR) is 169 cm³/mol. The number of nitrogens with zero attached hydrogens (tertiary/aromatic N) is 4. The number of esters is 2. The van der Waals surface area contributed by atoms with E-state index in [1.807, 2.05) is 0 Å². The third-order valence-corrected chi connectivity index (χ3v) is 8.69. The van der Waals surface area contributed by atoms with Crippen molar-refractivity contribution in [2.24, 2.45) is 10.9 Å². The zero-order valence-corrected chi connectivity index (χ0v) is 27.3. The number of ether oxygens (including phenoxy) is 2. The summed E-state index contributed by atoms with van der Waals surface area (Å²) in [6.07, 6.45) is 2.79. The number of carbonyl (C=O) groups is 2. The molecule has 2 aromatic heterocycles. The van der Waals surface area contributed by atoms with E-state index in [2.05, 4.69) is 20.2 Å². The van der Waals surface area contributed by atoms with Crippen LogP contribution in [-0.2, 0) is 14.3 Å². The molecule has 0 amide bonds. The largest absolute Gasteiger partial charge is 0.463 e. The summed E-state index contributed by atoms with van der Waals surface area (Å²) in [4.78, 5) is 41.4. The van der Waals surface area contributed by atoms with Gasteiger partial charge in [0.2, 0.25) is 0 Å². The van der Waals surface area contributed by atoms with Gasteiger partial charge in [0.1, 0.15) is 17.3 Å². The van der Waals surface area contributed by atoms with Crippen molar-refractivity contribution < 1.29 is 27.8 Å². The average Bonchev–Trinajstić information content (AvgIpc) is 3.54. The lowest BCUT2D eigenvalue weighted by molar-refractivity contribution is -0.139. The molecule has 238 valence electrons. The molecule has 3 aromatic rings.